The van der Waals surface area contributed by atoms with Crippen molar-refractivity contribution in [2.45, 2.75) is 70.4 Å². The Bertz CT molecular complexity index is 1130. The van der Waals surface area contributed by atoms with Crippen LogP contribution in [0.3, 0.4) is 0 Å². The minimum absolute atomic E-state index is 0.0272. The van der Waals surface area contributed by atoms with E-state index in [0.29, 0.717) is 19.4 Å². The second-order valence-electron chi connectivity index (χ2n) is 11.6. The van der Waals surface area contributed by atoms with Crippen LogP contribution in [-0.4, -0.2) is 48.7 Å². The van der Waals surface area contributed by atoms with Crippen molar-refractivity contribution in [1.82, 2.24) is 10.6 Å². The van der Waals surface area contributed by atoms with Gasteiger partial charge < -0.3 is 25.2 Å². The highest BCUT2D eigenvalue weighted by Crippen LogP contribution is 2.49. The van der Waals surface area contributed by atoms with E-state index in [0.717, 1.165) is 32.1 Å². The molecule has 3 N–H and O–H groups in total. The summed E-state index contributed by atoms with van der Waals surface area (Å²) in [6.45, 7) is 2.88. The molecule has 4 saturated carbocycles. The van der Waals surface area contributed by atoms with Gasteiger partial charge in [0.15, 0.2) is 0 Å². The lowest BCUT2D eigenvalue weighted by atomic mass is 9.70. The molecule has 0 heterocycles. The van der Waals surface area contributed by atoms with Gasteiger partial charge in [0, 0.05) is 18.7 Å². The summed E-state index contributed by atoms with van der Waals surface area (Å²) in [6.07, 6.45) is 6.78. The van der Waals surface area contributed by atoms with E-state index in [4.69, 9.17) is 14.6 Å². The quantitative estimate of drug-likeness (QED) is 0.464. The van der Waals surface area contributed by atoms with E-state index in [1.807, 2.05) is 0 Å². The largest absolute Gasteiger partial charge is 0.496 e. The number of hydrogen-bond donors (Lipinski definition) is 3. The van der Waals surface area contributed by atoms with Crippen LogP contribution in [0.4, 0.5) is 0 Å². The monoisotopic (exact) mass is 509 g/mol. The lowest BCUT2D eigenvalue weighted by Gasteiger charge is -2.39. The number of nitrogens with zero attached hydrogens (tertiary/aromatic N) is 1. The van der Waals surface area contributed by atoms with Crippen molar-refractivity contribution < 1.29 is 29.0 Å². The summed E-state index contributed by atoms with van der Waals surface area (Å²) >= 11 is 0. The van der Waals surface area contributed by atoms with Crippen LogP contribution in [0.25, 0.3) is 0 Å². The number of aliphatic carboxylic acids is 1. The number of hydrogen-bond acceptors (Lipinski definition) is 6. The lowest BCUT2D eigenvalue weighted by Crippen LogP contribution is -2.51. The highest BCUT2D eigenvalue weighted by Gasteiger charge is 2.51. The SMILES string of the molecule is COc1cc(C#N)c(OC2CC(C(=O)O)C2)cc1C(=O)NC1C2CCC(C2)C1C(=O)NCC1(C)CCC1. The number of carbonyl (C=O) groups excluding carboxylic acids is 2. The molecular formula is C28H35N3O6. The van der Waals surface area contributed by atoms with Crippen LogP contribution in [0, 0.1) is 40.4 Å². The molecule has 4 unspecified atom stereocenters. The van der Waals surface area contributed by atoms with E-state index in [1.54, 1.807) is 0 Å². The van der Waals surface area contributed by atoms with Crippen molar-refractivity contribution >= 4 is 17.8 Å². The van der Waals surface area contributed by atoms with Gasteiger partial charge in [-0.3, -0.25) is 14.4 Å². The first kappa shape index (κ1) is 25.4. The number of ether oxygens (including phenoxy) is 2. The number of nitriles is 1. The van der Waals surface area contributed by atoms with Gasteiger partial charge in [-0.2, -0.15) is 5.26 Å². The Labute approximate surface area is 216 Å². The van der Waals surface area contributed by atoms with Gasteiger partial charge in [-0.05, 0) is 68.3 Å². The standard InChI is InChI=1S/C28H35N3O6/c1-28(6-3-7-28)14-30-26(33)23-15-4-5-16(8-15)24(23)31-25(32)20-12-21(18(13-29)11-22(20)36-2)37-19-9-17(10-19)27(34)35/h11-12,15-17,19,23-24H,3-10,14H2,1-2H3,(H,30,33)(H,31,32)(H,34,35). The van der Waals surface area contributed by atoms with Crippen LogP contribution in [0.1, 0.15) is 74.2 Å². The summed E-state index contributed by atoms with van der Waals surface area (Å²) in [4.78, 5) is 37.9. The predicted octanol–water partition coefficient (Wildman–Crippen LogP) is 3.26. The number of carbonyl (C=O) groups is 3. The van der Waals surface area contributed by atoms with Crippen molar-refractivity contribution in [1.29, 1.82) is 5.26 Å². The first-order valence-electron chi connectivity index (χ1n) is 13.3. The van der Waals surface area contributed by atoms with Crippen molar-refractivity contribution in [3.8, 4) is 17.6 Å². The van der Waals surface area contributed by atoms with E-state index >= 15 is 0 Å². The minimum atomic E-state index is -0.860. The van der Waals surface area contributed by atoms with Gasteiger partial charge >= 0.3 is 5.97 Å². The normalized spacial score (nSPS) is 30.8. The zero-order chi connectivity index (χ0) is 26.3. The fourth-order valence-electron chi connectivity index (χ4n) is 6.62. The van der Waals surface area contributed by atoms with Crippen molar-refractivity contribution in [2.75, 3.05) is 13.7 Å². The van der Waals surface area contributed by atoms with Crippen LogP contribution < -0.4 is 20.1 Å². The molecule has 4 atom stereocenters. The number of carboxylic acid groups (broad SMARTS) is 1. The lowest BCUT2D eigenvalue weighted by molar-refractivity contribution is -0.148. The maximum Gasteiger partial charge on any atom is 0.306 e. The molecule has 4 fully saturated rings. The summed E-state index contributed by atoms with van der Waals surface area (Å²) in [7, 11) is 1.44. The molecule has 1 aromatic carbocycles. The Kier molecular flexibility index (Phi) is 6.78. The summed E-state index contributed by atoms with van der Waals surface area (Å²) in [5, 5.41) is 25.0. The van der Waals surface area contributed by atoms with Crippen LogP contribution in [0.15, 0.2) is 12.1 Å². The molecule has 9 nitrogen and oxygen atoms in total. The maximum atomic E-state index is 13.5. The number of nitrogens with one attached hydrogen (secondary N) is 2. The van der Waals surface area contributed by atoms with E-state index in [2.05, 4.69) is 23.6 Å². The van der Waals surface area contributed by atoms with Gasteiger partial charge in [-0.1, -0.05) is 13.3 Å². The molecule has 0 radical (unpaired) electrons. The topological polar surface area (TPSA) is 138 Å². The molecule has 2 amide bonds. The van der Waals surface area contributed by atoms with Crippen LogP contribution >= 0.6 is 0 Å². The number of methoxy groups -OCH3 is 1. The van der Waals surface area contributed by atoms with Crippen molar-refractivity contribution in [2.24, 2.45) is 29.1 Å². The number of carboxylic acids is 1. The molecule has 0 saturated heterocycles. The molecule has 37 heavy (non-hydrogen) atoms. The zero-order valence-electron chi connectivity index (χ0n) is 21.4. The third-order valence-electron chi connectivity index (χ3n) is 9.17. The molecular weight excluding hydrogens is 474 g/mol. The highest BCUT2D eigenvalue weighted by atomic mass is 16.5. The average molecular weight is 510 g/mol. The van der Waals surface area contributed by atoms with E-state index in [-0.39, 0.29) is 69.8 Å². The predicted molar refractivity (Wildman–Crippen MR) is 133 cm³/mol. The van der Waals surface area contributed by atoms with Gasteiger partial charge in [-0.15, -0.1) is 0 Å². The Morgan fingerprint density at radius 1 is 1.14 bits per heavy atom. The second-order valence-corrected chi connectivity index (χ2v) is 11.6. The minimum Gasteiger partial charge on any atom is -0.496 e. The summed E-state index contributed by atoms with van der Waals surface area (Å²) in [5.41, 5.74) is 0.631. The Balaban J connectivity index is 1.31. The third-order valence-corrected chi connectivity index (χ3v) is 9.17. The Hall–Kier alpha value is -3.28. The molecule has 198 valence electrons. The van der Waals surface area contributed by atoms with E-state index in [9.17, 15) is 19.6 Å². The Morgan fingerprint density at radius 2 is 1.86 bits per heavy atom. The smallest absolute Gasteiger partial charge is 0.306 e. The van der Waals surface area contributed by atoms with Crippen molar-refractivity contribution in [3.05, 3.63) is 23.3 Å². The van der Waals surface area contributed by atoms with Gasteiger partial charge in [0.25, 0.3) is 5.91 Å². The highest BCUT2D eigenvalue weighted by molar-refractivity contribution is 5.98. The zero-order valence-corrected chi connectivity index (χ0v) is 21.4. The molecule has 0 spiro atoms. The van der Waals surface area contributed by atoms with Gasteiger partial charge in [0.1, 0.15) is 23.7 Å². The third kappa shape index (κ3) is 4.86. The average Bonchev–Trinajstić information content (AvgIpc) is 3.44. The number of benzene rings is 1. The summed E-state index contributed by atoms with van der Waals surface area (Å²) in [5.74, 6) is -0.901. The molecule has 0 aromatic heterocycles. The van der Waals surface area contributed by atoms with E-state index in [1.165, 1.54) is 25.7 Å². The fourth-order valence-corrected chi connectivity index (χ4v) is 6.62. The van der Waals surface area contributed by atoms with E-state index < -0.39 is 11.9 Å². The summed E-state index contributed by atoms with van der Waals surface area (Å²) in [6, 6.07) is 4.79. The molecule has 5 rings (SSSR count). The first-order chi connectivity index (χ1) is 17.7. The molecule has 2 bridgehead atoms. The fraction of sp³-hybridized carbons (Fsp3) is 0.643. The molecule has 4 aliphatic carbocycles. The number of amides is 2. The molecule has 4 aliphatic rings. The van der Waals surface area contributed by atoms with Gasteiger partial charge in [-0.25, -0.2) is 0 Å². The number of rotatable bonds is 9. The van der Waals surface area contributed by atoms with Gasteiger partial charge in [0.2, 0.25) is 5.91 Å². The maximum absolute atomic E-state index is 13.5. The molecule has 1 aromatic rings. The van der Waals surface area contributed by atoms with Crippen LogP contribution in [-0.2, 0) is 9.59 Å². The molecule has 9 heteroatoms. The van der Waals surface area contributed by atoms with Crippen LogP contribution in [0.5, 0.6) is 11.5 Å². The van der Waals surface area contributed by atoms with Gasteiger partial charge in [0.05, 0.1) is 30.1 Å². The molecule has 0 aliphatic heterocycles. The second kappa shape index (κ2) is 9.88. The van der Waals surface area contributed by atoms with Crippen LogP contribution in [0.2, 0.25) is 0 Å². The number of fused-ring (bicyclic) bond motifs is 2. The summed E-state index contributed by atoms with van der Waals surface area (Å²) < 4.78 is 11.3. The van der Waals surface area contributed by atoms with Crippen molar-refractivity contribution in [3.63, 3.8) is 0 Å². The first-order valence-corrected chi connectivity index (χ1v) is 13.3. The Morgan fingerprint density at radius 3 is 2.49 bits per heavy atom.